The molecule has 0 aliphatic heterocycles. The first-order valence-electron chi connectivity index (χ1n) is 7.65. The van der Waals surface area contributed by atoms with Gasteiger partial charge in [0.1, 0.15) is 0 Å². The van der Waals surface area contributed by atoms with E-state index in [0.29, 0.717) is 17.8 Å². The summed E-state index contributed by atoms with van der Waals surface area (Å²) in [5, 5.41) is 20.8. The highest BCUT2D eigenvalue weighted by molar-refractivity contribution is 5.75. The minimum Gasteiger partial charge on any atom is -0.358 e. The number of hydrogen-bond acceptors (Lipinski definition) is 5. The number of nitro groups is 1. The van der Waals surface area contributed by atoms with Crippen LogP contribution < -0.4 is 5.32 Å². The summed E-state index contributed by atoms with van der Waals surface area (Å²) in [5.74, 6) is -0.770. The molecule has 1 N–H and O–H groups in total. The Labute approximate surface area is 145 Å². The smallest absolute Gasteiger partial charge is 0.358 e. The molecule has 0 radical (unpaired) electrons. The fraction of sp³-hybridized carbons (Fsp3) is 0.500. The first kappa shape index (κ1) is 19.4. The van der Waals surface area contributed by atoms with Crippen molar-refractivity contribution < 1.29 is 22.9 Å². The van der Waals surface area contributed by atoms with Crippen molar-refractivity contribution in [3.63, 3.8) is 0 Å². The van der Waals surface area contributed by atoms with E-state index in [9.17, 15) is 28.1 Å². The molecule has 0 saturated carbocycles. The zero-order valence-corrected chi connectivity index (χ0v) is 14.1. The summed E-state index contributed by atoms with van der Waals surface area (Å²) in [4.78, 5) is 22.1. The van der Waals surface area contributed by atoms with Crippen LogP contribution in [-0.4, -0.2) is 36.9 Å². The van der Waals surface area contributed by atoms with Gasteiger partial charge in [0.05, 0.1) is 11.8 Å². The standard InChI is InChI=1S/C14H17F3N6O3/c1-9-6-13(23(25)26)22(19-9)8-12(24)18-4-3-5-21-10(2)7-11(20-21)14(15,16)17/h6-7H,3-5,8H2,1-2H3,(H,18,24). The Kier molecular flexibility index (Phi) is 5.63. The normalized spacial score (nSPS) is 11.6. The van der Waals surface area contributed by atoms with Crippen molar-refractivity contribution in [3.8, 4) is 0 Å². The Bertz CT molecular complexity index is 811. The topological polar surface area (TPSA) is 108 Å². The molecule has 1 amide bonds. The molecule has 2 rings (SSSR count). The summed E-state index contributed by atoms with van der Waals surface area (Å²) < 4.78 is 40.0. The molecular weight excluding hydrogens is 357 g/mol. The zero-order chi connectivity index (χ0) is 19.5. The third-order valence-corrected chi connectivity index (χ3v) is 3.50. The van der Waals surface area contributed by atoms with Crippen LogP contribution in [0.15, 0.2) is 12.1 Å². The van der Waals surface area contributed by atoms with E-state index >= 15 is 0 Å². The van der Waals surface area contributed by atoms with E-state index in [1.807, 2.05) is 0 Å². The molecule has 26 heavy (non-hydrogen) atoms. The number of halogens is 3. The van der Waals surface area contributed by atoms with E-state index in [-0.39, 0.29) is 25.5 Å². The maximum atomic E-state index is 12.6. The van der Waals surface area contributed by atoms with Gasteiger partial charge in [0, 0.05) is 18.8 Å². The third-order valence-electron chi connectivity index (χ3n) is 3.50. The molecule has 0 saturated heterocycles. The summed E-state index contributed by atoms with van der Waals surface area (Å²) in [5.41, 5.74) is -0.175. The van der Waals surface area contributed by atoms with Crippen molar-refractivity contribution in [3.05, 3.63) is 39.3 Å². The van der Waals surface area contributed by atoms with Gasteiger partial charge in [-0.25, -0.2) is 0 Å². The van der Waals surface area contributed by atoms with Gasteiger partial charge in [-0.2, -0.15) is 18.3 Å². The van der Waals surface area contributed by atoms with Crippen molar-refractivity contribution in [2.24, 2.45) is 0 Å². The average Bonchev–Trinajstić information content (AvgIpc) is 3.06. The summed E-state index contributed by atoms with van der Waals surface area (Å²) in [6.45, 7) is 3.16. The highest BCUT2D eigenvalue weighted by Gasteiger charge is 2.34. The van der Waals surface area contributed by atoms with Gasteiger partial charge in [0.25, 0.3) is 5.91 Å². The van der Waals surface area contributed by atoms with Crippen LogP contribution >= 0.6 is 0 Å². The molecule has 2 aromatic rings. The van der Waals surface area contributed by atoms with Crippen LogP contribution in [0.2, 0.25) is 0 Å². The summed E-state index contributed by atoms with van der Waals surface area (Å²) in [7, 11) is 0. The van der Waals surface area contributed by atoms with Gasteiger partial charge in [-0.3, -0.25) is 9.48 Å². The van der Waals surface area contributed by atoms with Gasteiger partial charge in [0.2, 0.25) is 0 Å². The Morgan fingerprint density at radius 1 is 1.27 bits per heavy atom. The minimum absolute atomic E-state index is 0.188. The molecule has 2 heterocycles. The first-order valence-corrected chi connectivity index (χ1v) is 7.65. The van der Waals surface area contributed by atoms with E-state index in [1.165, 1.54) is 17.7 Å². The highest BCUT2D eigenvalue weighted by Crippen LogP contribution is 2.28. The number of carbonyl (C=O) groups is 1. The number of rotatable bonds is 7. The van der Waals surface area contributed by atoms with E-state index in [1.54, 1.807) is 6.92 Å². The number of carbonyl (C=O) groups excluding carboxylic acids is 1. The second kappa shape index (κ2) is 7.54. The summed E-state index contributed by atoms with van der Waals surface area (Å²) in [6.07, 6.45) is -4.15. The predicted octanol–water partition coefficient (Wildman–Crippen LogP) is 1.83. The lowest BCUT2D eigenvalue weighted by Gasteiger charge is -2.06. The van der Waals surface area contributed by atoms with Crippen LogP contribution in [-0.2, 0) is 24.1 Å². The summed E-state index contributed by atoms with van der Waals surface area (Å²) in [6, 6.07) is 2.21. The number of nitrogens with zero attached hydrogens (tertiary/aromatic N) is 5. The van der Waals surface area contributed by atoms with Crippen LogP contribution in [0.25, 0.3) is 0 Å². The SMILES string of the molecule is Cc1cc([N+](=O)[O-])n(CC(=O)NCCCn2nc(C(F)(F)F)cc2C)n1. The number of amides is 1. The molecule has 2 aromatic heterocycles. The predicted molar refractivity (Wildman–Crippen MR) is 83.2 cm³/mol. The number of aryl methyl sites for hydroxylation is 3. The molecule has 12 heteroatoms. The second-order valence-electron chi connectivity index (χ2n) is 5.65. The number of aromatic nitrogens is 4. The van der Waals surface area contributed by atoms with E-state index in [4.69, 9.17) is 0 Å². The van der Waals surface area contributed by atoms with E-state index in [0.717, 1.165) is 10.7 Å². The molecule has 9 nitrogen and oxygen atoms in total. The fourth-order valence-electron chi connectivity index (χ4n) is 2.32. The number of alkyl halides is 3. The van der Waals surface area contributed by atoms with Gasteiger partial charge in [0.15, 0.2) is 12.2 Å². The van der Waals surface area contributed by atoms with E-state index in [2.05, 4.69) is 15.5 Å². The Morgan fingerprint density at radius 2 is 1.96 bits per heavy atom. The van der Waals surface area contributed by atoms with Crippen molar-refractivity contribution in [2.45, 2.75) is 39.5 Å². The lowest BCUT2D eigenvalue weighted by Crippen LogP contribution is -2.29. The Hall–Kier alpha value is -2.92. The first-order chi connectivity index (χ1) is 12.1. The molecule has 0 aromatic carbocycles. The van der Waals surface area contributed by atoms with Crippen LogP contribution in [0.1, 0.15) is 23.5 Å². The quantitative estimate of drug-likeness (QED) is 0.452. The molecule has 0 spiro atoms. The minimum atomic E-state index is -4.50. The fourth-order valence-corrected chi connectivity index (χ4v) is 2.32. The molecule has 0 fully saturated rings. The highest BCUT2D eigenvalue weighted by atomic mass is 19.4. The van der Waals surface area contributed by atoms with Gasteiger partial charge in [-0.15, -0.1) is 4.68 Å². The molecule has 0 aliphatic rings. The van der Waals surface area contributed by atoms with Gasteiger partial charge >= 0.3 is 12.0 Å². The van der Waals surface area contributed by atoms with Crippen LogP contribution in [0.3, 0.4) is 0 Å². The van der Waals surface area contributed by atoms with Crippen LogP contribution in [0.5, 0.6) is 0 Å². The average molecular weight is 374 g/mol. The summed E-state index contributed by atoms with van der Waals surface area (Å²) >= 11 is 0. The van der Waals surface area contributed by atoms with Gasteiger partial charge in [-0.05, 0) is 31.3 Å². The van der Waals surface area contributed by atoms with Crippen molar-refractivity contribution >= 4 is 11.7 Å². The maximum absolute atomic E-state index is 12.6. The molecule has 0 aliphatic carbocycles. The molecule has 0 unspecified atom stereocenters. The van der Waals surface area contributed by atoms with E-state index < -0.39 is 22.7 Å². The molecule has 0 atom stereocenters. The monoisotopic (exact) mass is 374 g/mol. The second-order valence-corrected chi connectivity index (χ2v) is 5.65. The Balaban J connectivity index is 1.83. The van der Waals surface area contributed by atoms with Crippen molar-refractivity contribution in [1.29, 1.82) is 0 Å². The molecule has 0 bridgehead atoms. The van der Waals surface area contributed by atoms with Crippen LogP contribution in [0.4, 0.5) is 19.0 Å². The van der Waals surface area contributed by atoms with Gasteiger partial charge < -0.3 is 15.4 Å². The third kappa shape index (κ3) is 4.80. The van der Waals surface area contributed by atoms with Gasteiger partial charge in [-0.1, -0.05) is 5.10 Å². The molecule has 142 valence electrons. The van der Waals surface area contributed by atoms with Crippen LogP contribution in [0, 0.1) is 24.0 Å². The van der Waals surface area contributed by atoms with Crippen molar-refractivity contribution in [1.82, 2.24) is 24.9 Å². The number of nitrogens with one attached hydrogen (secondary N) is 1. The Morgan fingerprint density at radius 3 is 2.54 bits per heavy atom. The molecular formula is C14H17F3N6O3. The lowest BCUT2D eigenvalue weighted by atomic mass is 10.3. The maximum Gasteiger partial charge on any atom is 0.435 e. The lowest BCUT2D eigenvalue weighted by molar-refractivity contribution is -0.392. The van der Waals surface area contributed by atoms with Crippen molar-refractivity contribution in [2.75, 3.05) is 6.54 Å². The number of hydrogen-bond donors (Lipinski definition) is 1. The zero-order valence-electron chi connectivity index (χ0n) is 14.1. The largest absolute Gasteiger partial charge is 0.435 e.